The second-order valence-corrected chi connectivity index (χ2v) is 20.8. The van der Waals surface area contributed by atoms with E-state index in [9.17, 15) is 14.4 Å². The molecule has 0 aromatic rings. The average Bonchev–Trinajstić information content (AvgIpc) is 3.29. The molecular weight excluding hydrogens is 805 g/mol. The van der Waals surface area contributed by atoms with Crippen molar-refractivity contribution in [3.63, 3.8) is 0 Å². The third kappa shape index (κ3) is 53.2. The van der Waals surface area contributed by atoms with Gasteiger partial charge in [0, 0.05) is 19.3 Å². The van der Waals surface area contributed by atoms with Crippen molar-refractivity contribution in [1.29, 1.82) is 0 Å². The fourth-order valence-corrected chi connectivity index (χ4v) is 9.10. The van der Waals surface area contributed by atoms with Crippen LogP contribution >= 0.6 is 0 Å². The second-order valence-electron chi connectivity index (χ2n) is 20.8. The van der Waals surface area contributed by atoms with E-state index in [1.165, 1.54) is 231 Å². The summed E-state index contributed by atoms with van der Waals surface area (Å²) < 4.78 is 16.9. The first-order valence-corrected chi connectivity index (χ1v) is 29.4. The smallest absolute Gasteiger partial charge is 0.306 e. The van der Waals surface area contributed by atoms with Gasteiger partial charge in [-0.05, 0) is 25.2 Å². The molecule has 1 atom stereocenters. The molecule has 0 amide bonds. The summed E-state index contributed by atoms with van der Waals surface area (Å²) >= 11 is 0. The molecule has 0 aliphatic heterocycles. The summed E-state index contributed by atoms with van der Waals surface area (Å²) in [6.45, 7) is 9.03. The molecule has 0 aliphatic carbocycles. The lowest BCUT2D eigenvalue weighted by molar-refractivity contribution is -0.167. The molecular formula is C59H114O6. The lowest BCUT2D eigenvalue weighted by atomic mass is 10.0. The van der Waals surface area contributed by atoms with Crippen LogP contribution in [0, 0.1) is 5.92 Å². The summed E-state index contributed by atoms with van der Waals surface area (Å²) in [5.74, 6) is -0.0412. The summed E-state index contributed by atoms with van der Waals surface area (Å²) in [5.41, 5.74) is 0. The van der Waals surface area contributed by atoms with Crippen LogP contribution in [-0.4, -0.2) is 37.2 Å². The first-order chi connectivity index (χ1) is 31.9. The Bertz CT molecular complexity index is 980. The van der Waals surface area contributed by atoms with Crippen molar-refractivity contribution in [2.75, 3.05) is 13.2 Å². The highest BCUT2D eigenvalue weighted by Crippen LogP contribution is 2.18. The minimum atomic E-state index is -0.762. The van der Waals surface area contributed by atoms with Crippen molar-refractivity contribution in [3.8, 4) is 0 Å². The fraction of sp³-hybridized carbons (Fsp3) is 0.949. The van der Waals surface area contributed by atoms with Crippen molar-refractivity contribution >= 4 is 17.9 Å². The second kappa shape index (κ2) is 53.4. The zero-order valence-corrected chi connectivity index (χ0v) is 44.5. The van der Waals surface area contributed by atoms with Crippen LogP contribution in [0.2, 0.25) is 0 Å². The van der Waals surface area contributed by atoms with Gasteiger partial charge in [-0.2, -0.15) is 0 Å². The molecule has 0 spiro atoms. The minimum absolute atomic E-state index is 0.0623. The van der Waals surface area contributed by atoms with Crippen molar-refractivity contribution in [3.05, 3.63) is 0 Å². The monoisotopic (exact) mass is 919 g/mol. The van der Waals surface area contributed by atoms with E-state index in [2.05, 4.69) is 27.7 Å². The van der Waals surface area contributed by atoms with Crippen molar-refractivity contribution < 1.29 is 28.6 Å². The van der Waals surface area contributed by atoms with E-state index in [-0.39, 0.29) is 31.1 Å². The fourth-order valence-electron chi connectivity index (χ4n) is 9.10. The number of carbonyl (C=O) groups excluding carboxylic acids is 3. The van der Waals surface area contributed by atoms with Crippen molar-refractivity contribution in [2.45, 2.75) is 342 Å². The van der Waals surface area contributed by atoms with Gasteiger partial charge in [0.1, 0.15) is 13.2 Å². The molecule has 0 saturated carbocycles. The summed E-state index contributed by atoms with van der Waals surface area (Å²) in [6, 6.07) is 0. The number of ether oxygens (including phenoxy) is 3. The molecule has 0 radical (unpaired) electrons. The van der Waals surface area contributed by atoms with Crippen LogP contribution in [0.1, 0.15) is 336 Å². The highest BCUT2D eigenvalue weighted by Gasteiger charge is 2.19. The summed E-state index contributed by atoms with van der Waals surface area (Å²) in [4.78, 5) is 38.1. The number of esters is 3. The topological polar surface area (TPSA) is 78.9 Å². The lowest BCUT2D eigenvalue weighted by Crippen LogP contribution is -2.30. The van der Waals surface area contributed by atoms with E-state index >= 15 is 0 Å². The minimum Gasteiger partial charge on any atom is -0.462 e. The Kier molecular flexibility index (Phi) is 52.1. The number of hydrogen-bond donors (Lipinski definition) is 0. The van der Waals surface area contributed by atoms with Crippen molar-refractivity contribution in [2.24, 2.45) is 5.92 Å². The van der Waals surface area contributed by atoms with Crippen LogP contribution < -0.4 is 0 Å². The Morgan fingerprint density at radius 2 is 0.508 bits per heavy atom. The van der Waals surface area contributed by atoms with Gasteiger partial charge < -0.3 is 14.2 Å². The molecule has 0 saturated heterocycles. The quantitative estimate of drug-likeness (QED) is 0.0344. The van der Waals surface area contributed by atoms with Gasteiger partial charge in [0.25, 0.3) is 0 Å². The first kappa shape index (κ1) is 63.4. The number of carbonyl (C=O) groups is 3. The predicted molar refractivity (Wildman–Crippen MR) is 280 cm³/mol. The number of hydrogen-bond acceptors (Lipinski definition) is 6. The standard InChI is InChI=1S/C59H114O6/c1-5-7-9-11-13-15-17-19-21-23-24-26-27-29-31-33-38-42-46-50-57(60)63-53-56(54-64-58(61)51-47-43-39-36-35-37-41-45-49-55(3)4)65-59(62)52-48-44-40-34-32-30-28-25-22-20-18-16-14-12-10-8-6-2/h55-56H,5-54H2,1-4H3/t56-/m1/s1. The van der Waals surface area contributed by atoms with Crippen LogP contribution in [0.25, 0.3) is 0 Å². The third-order valence-corrected chi connectivity index (χ3v) is 13.5. The van der Waals surface area contributed by atoms with Gasteiger partial charge in [-0.25, -0.2) is 0 Å². The zero-order valence-electron chi connectivity index (χ0n) is 44.5. The van der Waals surface area contributed by atoms with Gasteiger partial charge >= 0.3 is 17.9 Å². The maximum absolute atomic E-state index is 12.8. The summed E-state index contributed by atoms with van der Waals surface area (Å²) in [5, 5.41) is 0. The molecule has 65 heavy (non-hydrogen) atoms. The molecule has 6 heteroatoms. The molecule has 0 heterocycles. The Hall–Kier alpha value is -1.59. The molecule has 6 nitrogen and oxygen atoms in total. The highest BCUT2D eigenvalue weighted by molar-refractivity contribution is 5.71. The lowest BCUT2D eigenvalue weighted by Gasteiger charge is -2.18. The van der Waals surface area contributed by atoms with E-state index in [0.29, 0.717) is 19.3 Å². The largest absolute Gasteiger partial charge is 0.462 e. The van der Waals surface area contributed by atoms with E-state index in [1.807, 2.05) is 0 Å². The normalized spacial score (nSPS) is 12.0. The van der Waals surface area contributed by atoms with E-state index in [4.69, 9.17) is 14.2 Å². The van der Waals surface area contributed by atoms with Gasteiger partial charge in [0.05, 0.1) is 0 Å². The van der Waals surface area contributed by atoms with Crippen LogP contribution in [0.15, 0.2) is 0 Å². The molecule has 0 unspecified atom stereocenters. The third-order valence-electron chi connectivity index (χ3n) is 13.5. The van der Waals surface area contributed by atoms with Gasteiger partial charge in [-0.15, -0.1) is 0 Å². The Balaban J connectivity index is 4.24. The summed E-state index contributed by atoms with van der Waals surface area (Å²) in [7, 11) is 0. The number of unbranched alkanes of at least 4 members (excludes halogenated alkanes) is 41. The Morgan fingerprint density at radius 3 is 0.754 bits per heavy atom. The molecule has 0 aromatic carbocycles. The van der Waals surface area contributed by atoms with Crippen LogP contribution in [0.3, 0.4) is 0 Å². The molecule has 0 bridgehead atoms. The van der Waals surface area contributed by atoms with Crippen LogP contribution in [0.5, 0.6) is 0 Å². The Labute approximate surface area is 406 Å². The van der Waals surface area contributed by atoms with Gasteiger partial charge in [0.2, 0.25) is 0 Å². The maximum Gasteiger partial charge on any atom is 0.306 e. The van der Waals surface area contributed by atoms with E-state index in [1.54, 1.807) is 0 Å². The molecule has 0 fully saturated rings. The van der Waals surface area contributed by atoms with Gasteiger partial charge in [-0.3, -0.25) is 14.4 Å². The SMILES string of the molecule is CCCCCCCCCCCCCCCCCCCCCC(=O)OC[C@H](COC(=O)CCCCCCCCCCC(C)C)OC(=O)CCCCCCCCCCCCCCCCCCC. The number of rotatable bonds is 54. The average molecular weight is 920 g/mol. The molecule has 386 valence electrons. The zero-order chi connectivity index (χ0) is 47.4. The van der Waals surface area contributed by atoms with E-state index in [0.717, 1.165) is 63.7 Å². The highest BCUT2D eigenvalue weighted by atomic mass is 16.6. The van der Waals surface area contributed by atoms with E-state index < -0.39 is 6.10 Å². The maximum atomic E-state index is 12.8. The molecule has 0 N–H and O–H groups in total. The first-order valence-electron chi connectivity index (χ1n) is 29.4. The van der Waals surface area contributed by atoms with Gasteiger partial charge in [0.15, 0.2) is 6.10 Å². The molecule has 0 aromatic heterocycles. The van der Waals surface area contributed by atoms with Crippen LogP contribution in [0.4, 0.5) is 0 Å². The van der Waals surface area contributed by atoms with Crippen LogP contribution in [-0.2, 0) is 28.6 Å². The Morgan fingerprint density at radius 1 is 0.292 bits per heavy atom. The summed E-state index contributed by atoms with van der Waals surface area (Å²) in [6.07, 6.45) is 58.2. The molecule has 0 aliphatic rings. The van der Waals surface area contributed by atoms with Gasteiger partial charge in [-0.1, -0.05) is 297 Å². The molecule has 0 rings (SSSR count). The van der Waals surface area contributed by atoms with Crippen molar-refractivity contribution in [1.82, 2.24) is 0 Å². The predicted octanol–water partition coefficient (Wildman–Crippen LogP) is 19.4.